The number of aliphatic hydroxyl groups is 1. The monoisotopic (exact) mass is 456 g/mol. The highest BCUT2D eigenvalue weighted by Crippen LogP contribution is 2.67. The summed E-state index contributed by atoms with van der Waals surface area (Å²) in [6.07, 6.45) is 9.27. The molecule has 3 fully saturated rings. The molecule has 0 aromatic heterocycles. The highest BCUT2D eigenvalue weighted by atomic mass is 19.4. The fraction of sp³-hybridized carbons (Fsp3) is 0.929. The first kappa shape index (κ1) is 26.1. The van der Waals surface area contributed by atoms with Crippen LogP contribution in [0.25, 0.3) is 0 Å². The van der Waals surface area contributed by atoms with Gasteiger partial charge in [0.05, 0.1) is 11.5 Å². The molecule has 4 aliphatic rings. The highest BCUT2D eigenvalue weighted by molar-refractivity contribution is 5.26. The van der Waals surface area contributed by atoms with Gasteiger partial charge in [-0.15, -0.1) is 0 Å². The highest BCUT2D eigenvalue weighted by Gasteiger charge is 2.58. The largest absolute Gasteiger partial charge is 0.391 e. The third-order valence-corrected chi connectivity index (χ3v) is 10.3. The predicted octanol–water partition coefficient (Wildman–Crippen LogP) is 8.71. The minimum absolute atomic E-state index is 0.243. The van der Waals surface area contributed by atoms with Crippen LogP contribution in [0.4, 0.5) is 13.2 Å². The van der Waals surface area contributed by atoms with Crippen molar-refractivity contribution in [2.75, 3.05) is 0 Å². The molecule has 4 heteroatoms. The van der Waals surface area contributed by atoms with E-state index >= 15 is 0 Å². The Morgan fingerprint density at radius 3 is 2.38 bits per heavy atom. The van der Waals surface area contributed by atoms with Gasteiger partial charge in [0, 0.05) is 0 Å². The maximum Gasteiger partial charge on any atom is 0.391 e. The maximum absolute atomic E-state index is 12.9. The van der Waals surface area contributed by atoms with Crippen molar-refractivity contribution in [3.63, 3.8) is 0 Å². The minimum atomic E-state index is -4.05. The molecule has 0 aromatic rings. The lowest BCUT2D eigenvalue weighted by molar-refractivity contribution is -0.171. The summed E-state index contributed by atoms with van der Waals surface area (Å²) >= 11 is 0. The molecule has 32 heavy (non-hydrogen) atoms. The van der Waals surface area contributed by atoms with Gasteiger partial charge in [-0.25, -0.2) is 0 Å². The average Bonchev–Trinajstić information content (AvgIpc) is 3.05. The van der Waals surface area contributed by atoms with Crippen LogP contribution in [0, 0.1) is 40.4 Å². The Bertz CT molecular complexity index is 681. The van der Waals surface area contributed by atoms with Crippen molar-refractivity contribution in [3.8, 4) is 0 Å². The number of hydrogen-bond donors (Lipinski definition) is 1. The first-order valence-corrected chi connectivity index (χ1v) is 13.4. The second-order valence-corrected chi connectivity index (χ2v) is 12.1. The quantitative estimate of drug-likeness (QED) is 0.419. The van der Waals surface area contributed by atoms with Gasteiger partial charge in [0.2, 0.25) is 0 Å². The number of hydrogen-bond acceptors (Lipinski definition) is 1. The zero-order valence-electron chi connectivity index (χ0n) is 21.3. The van der Waals surface area contributed by atoms with Gasteiger partial charge in [-0.2, -0.15) is 13.2 Å². The van der Waals surface area contributed by atoms with Gasteiger partial charge in [-0.1, -0.05) is 52.7 Å². The van der Waals surface area contributed by atoms with Crippen molar-refractivity contribution in [2.45, 2.75) is 124 Å². The standard InChI is InChI=1S/C26H41F3O.C2H6/c1-17(26(27,28)29)6-5-7-18-9-11-21-20-10-8-19-16-23(2,30)14-15-25(19,4)22(20)12-13-24(18,21)3;1-2/h8,17-18,20-22,30H,5-7,9-16H2,1-4H3;1-2H3/t17?,18-,20?,21?,22?,23-,24?,25?;/m0./s1. The van der Waals surface area contributed by atoms with Gasteiger partial charge in [0.15, 0.2) is 0 Å². The molecule has 0 spiro atoms. The molecular formula is C28H47F3O. The van der Waals surface area contributed by atoms with Crippen molar-refractivity contribution in [2.24, 2.45) is 40.4 Å². The van der Waals surface area contributed by atoms with Gasteiger partial charge in [-0.3, -0.25) is 0 Å². The first-order chi connectivity index (χ1) is 14.9. The molecule has 0 amide bonds. The van der Waals surface area contributed by atoms with Crippen molar-refractivity contribution in [1.82, 2.24) is 0 Å². The number of fused-ring (bicyclic) bond motifs is 5. The molecule has 4 aliphatic carbocycles. The average molecular weight is 457 g/mol. The molecule has 0 radical (unpaired) electrons. The topological polar surface area (TPSA) is 20.2 Å². The van der Waals surface area contributed by atoms with Gasteiger partial charge >= 0.3 is 6.18 Å². The van der Waals surface area contributed by atoms with Crippen LogP contribution in [0.3, 0.4) is 0 Å². The smallest absolute Gasteiger partial charge is 0.390 e. The summed E-state index contributed by atoms with van der Waals surface area (Å²) in [5, 5.41) is 10.6. The number of allylic oxidation sites excluding steroid dienone is 1. The Kier molecular flexibility index (Phi) is 7.56. The van der Waals surface area contributed by atoms with Crippen LogP contribution in [-0.4, -0.2) is 16.9 Å². The van der Waals surface area contributed by atoms with Gasteiger partial charge in [0.25, 0.3) is 0 Å². The Labute approximate surface area is 194 Å². The van der Waals surface area contributed by atoms with E-state index in [1.807, 2.05) is 20.8 Å². The van der Waals surface area contributed by atoms with E-state index in [2.05, 4.69) is 19.9 Å². The van der Waals surface area contributed by atoms with E-state index in [4.69, 9.17) is 0 Å². The Balaban J connectivity index is 0.00000141. The molecule has 8 atom stereocenters. The van der Waals surface area contributed by atoms with Crippen LogP contribution in [0.2, 0.25) is 0 Å². The van der Waals surface area contributed by atoms with Crippen LogP contribution in [0.15, 0.2) is 11.6 Å². The fourth-order valence-corrected chi connectivity index (χ4v) is 8.22. The van der Waals surface area contributed by atoms with E-state index in [0.717, 1.165) is 49.9 Å². The molecule has 186 valence electrons. The molecule has 1 nitrogen and oxygen atoms in total. The molecule has 0 heterocycles. The van der Waals surface area contributed by atoms with E-state index in [1.165, 1.54) is 38.2 Å². The predicted molar refractivity (Wildman–Crippen MR) is 126 cm³/mol. The second kappa shape index (κ2) is 9.27. The zero-order valence-corrected chi connectivity index (χ0v) is 21.3. The van der Waals surface area contributed by atoms with Crippen LogP contribution in [-0.2, 0) is 0 Å². The summed E-state index contributed by atoms with van der Waals surface area (Å²) in [5.41, 5.74) is 1.50. The van der Waals surface area contributed by atoms with Crippen LogP contribution in [0.5, 0.6) is 0 Å². The number of halogens is 3. The van der Waals surface area contributed by atoms with Gasteiger partial charge < -0.3 is 5.11 Å². The SMILES string of the molecule is CC.CC(CCC[C@H]1CCC2C3CC=C4C[C@@](C)(O)CCC4(C)C3CCC21C)C(F)(F)F. The molecule has 0 saturated heterocycles. The van der Waals surface area contributed by atoms with Crippen LogP contribution < -0.4 is 0 Å². The van der Waals surface area contributed by atoms with E-state index < -0.39 is 17.7 Å². The summed E-state index contributed by atoms with van der Waals surface area (Å²) < 4.78 is 38.6. The molecule has 0 aliphatic heterocycles. The third-order valence-electron chi connectivity index (χ3n) is 10.3. The molecule has 0 aromatic carbocycles. The minimum Gasteiger partial charge on any atom is -0.390 e. The molecule has 1 N–H and O–H groups in total. The summed E-state index contributed by atoms with van der Waals surface area (Å²) in [6, 6.07) is 0. The summed E-state index contributed by atoms with van der Waals surface area (Å²) in [6.45, 7) is 12.2. The van der Waals surface area contributed by atoms with Crippen molar-refractivity contribution in [1.29, 1.82) is 0 Å². The van der Waals surface area contributed by atoms with E-state index in [1.54, 1.807) is 0 Å². The third kappa shape index (κ3) is 4.68. The Hall–Kier alpha value is -0.510. The Morgan fingerprint density at radius 1 is 1.03 bits per heavy atom. The normalized spacial score (nSPS) is 44.4. The summed E-state index contributed by atoms with van der Waals surface area (Å²) in [4.78, 5) is 0. The van der Waals surface area contributed by atoms with Crippen molar-refractivity contribution >= 4 is 0 Å². The van der Waals surface area contributed by atoms with Crippen molar-refractivity contribution in [3.05, 3.63) is 11.6 Å². The van der Waals surface area contributed by atoms with E-state index in [-0.39, 0.29) is 11.8 Å². The van der Waals surface area contributed by atoms with Crippen molar-refractivity contribution < 1.29 is 18.3 Å². The van der Waals surface area contributed by atoms with Crippen LogP contribution >= 0.6 is 0 Å². The van der Waals surface area contributed by atoms with E-state index in [9.17, 15) is 18.3 Å². The number of alkyl halides is 3. The molecule has 6 unspecified atom stereocenters. The second-order valence-electron chi connectivity index (χ2n) is 12.1. The van der Waals surface area contributed by atoms with Gasteiger partial charge in [-0.05, 0) is 106 Å². The lowest BCUT2D eigenvalue weighted by atomic mass is 9.46. The molecular weight excluding hydrogens is 409 g/mol. The molecule has 0 bridgehead atoms. The summed E-state index contributed by atoms with van der Waals surface area (Å²) in [5.74, 6) is 1.58. The molecule has 4 rings (SSSR count). The lowest BCUT2D eigenvalue weighted by Gasteiger charge is -2.59. The van der Waals surface area contributed by atoms with Gasteiger partial charge in [0.1, 0.15) is 0 Å². The maximum atomic E-state index is 12.9. The lowest BCUT2D eigenvalue weighted by Crippen LogP contribution is -2.51. The number of rotatable bonds is 4. The first-order valence-electron chi connectivity index (χ1n) is 13.4. The van der Waals surface area contributed by atoms with E-state index in [0.29, 0.717) is 17.8 Å². The van der Waals surface area contributed by atoms with Crippen LogP contribution in [0.1, 0.15) is 112 Å². The zero-order chi connectivity index (χ0) is 23.9. The molecule has 3 saturated carbocycles. The Morgan fingerprint density at radius 2 is 1.72 bits per heavy atom. The fourth-order valence-electron chi connectivity index (χ4n) is 8.22. The summed E-state index contributed by atoms with van der Waals surface area (Å²) in [7, 11) is 0.